The van der Waals surface area contributed by atoms with Gasteiger partial charge in [-0.15, -0.1) is 0 Å². The Morgan fingerprint density at radius 1 is 1.39 bits per heavy atom. The second-order valence-electron chi connectivity index (χ2n) is 5.91. The molecule has 5 nitrogen and oxygen atoms in total. The van der Waals surface area contributed by atoms with Crippen molar-refractivity contribution in [2.45, 2.75) is 32.7 Å². The highest BCUT2D eigenvalue weighted by atomic mass is 16.2. The Bertz CT molecular complexity index is 794. The molecule has 1 amide bonds. The fraction of sp³-hybridized carbons (Fsp3) is 0.389. The first-order valence-corrected chi connectivity index (χ1v) is 8.09. The van der Waals surface area contributed by atoms with E-state index in [1.165, 1.54) is 0 Å². The van der Waals surface area contributed by atoms with E-state index in [1.54, 1.807) is 11.0 Å². The number of rotatable bonds is 5. The van der Waals surface area contributed by atoms with Crippen LogP contribution >= 0.6 is 0 Å². The van der Waals surface area contributed by atoms with Gasteiger partial charge in [-0.25, -0.2) is 4.98 Å². The normalized spacial score (nSPS) is 16.8. The summed E-state index contributed by atoms with van der Waals surface area (Å²) >= 11 is 0. The van der Waals surface area contributed by atoms with Crippen LogP contribution in [0.1, 0.15) is 32.0 Å². The average molecular weight is 311 g/mol. The Kier molecular flexibility index (Phi) is 4.55. The number of allylic oxidation sites excluding steroid dienone is 2. The molecule has 1 unspecified atom stereocenters. The summed E-state index contributed by atoms with van der Waals surface area (Å²) in [5.74, 6) is 0.992. The summed E-state index contributed by atoms with van der Waals surface area (Å²) in [6.45, 7) is 2.89. The average Bonchev–Trinajstić information content (AvgIpc) is 3.05. The third-order valence-corrected chi connectivity index (χ3v) is 4.29. The van der Waals surface area contributed by atoms with Crippen LogP contribution in [0.25, 0.3) is 10.9 Å². The highest BCUT2D eigenvalue weighted by Crippen LogP contribution is 2.21. The number of fused-ring (bicyclic) bond motifs is 1. The molecule has 3 rings (SSSR count). The van der Waals surface area contributed by atoms with Crippen molar-refractivity contribution < 1.29 is 4.79 Å². The van der Waals surface area contributed by atoms with Crippen LogP contribution in [0.2, 0.25) is 0 Å². The van der Waals surface area contributed by atoms with Crippen molar-refractivity contribution in [1.82, 2.24) is 14.9 Å². The molecule has 1 N–H and O–H groups in total. The largest absolute Gasteiger partial charge is 0.335 e. The second-order valence-corrected chi connectivity index (χ2v) is 5.91. The van der Waals surface area contributed by atoms with Crippen LogP contribution in [-0.2, 0) is 11.3 Å². The first kappa shape index (κ1) is 15.5. The predicted molar refractivity (Wildman–Crippen MR) is 89.9 cm³/mol. The lowest BCUT2D eigenvalue weighted by atomic mass is 10.0. The molecule has 0 fully saturated rings. The number of para-hydroxylation sites is 1. The van der Waals surface area contributed by atoms with Crippen LogP contribution in [0.4, 0.5) is 0 Å². The van der Waals surface area contributed by atoms with Crippen molar-refractivity contribution >= 4 is 16.8 Å². The molecule has 0 aliphatic heterocycles. The molecule has 1 aliphatic carbocycles. The first-order valence-electron chi connectivity index (χ1n) is 8.09. The molecular formula is C18H21N3O2. The second kappa shape index (κ2) is 6.77. The lowest BCUT2D eigenvalue weighted by molar-refractivity contribution is -0.132. The van der Waals surface area contributed by atoms with Gasteiger partial charge in [0.25, 0.3) is 5.56 Å². The van der Waals surface area contributed by atoms with E-state index in [4.69, 9.17) is 0 Å². The molecule has 0 radical (unpaired) electrons. The minimum absolute atomic E-state index is 0.111. The number of aromatic nitrogens is 2. The molecule has 1 heterocycles. The molecule has 2 aromatic rings. The third kappa shape index (κ3) is 3.50. The maximum absolute atomic E-state index is 12.5. The molecule has 0 saturated carbocycles. The topological polar surface area (TPSA) is 66.1 Å². The molecule has 120 valence electrons. The summed E-state index contributed by atoms with van der Waals surface area (Å²) in [6, 6.07) is 7.24. The fourth-order valence-electron chi connectivity index (χ4n) is 2.99. The van der Waals surface area contributed by atoms with Gasteiger partial charge < -0.3 is 9.88 Å². The van der Waals surface area contributed by atoms with E-state index < -0.39 is 0 Å². The molecule has 5 heteroatoms. The highest BCUT2D eigenvalue weighted by molar-refractivity contribution is 5.78. The van der Waals surface area contributed by atoms with E-state index in [0.29, 0.717) is 42.2 Å². The van der Waals surface area contributed by atoms with E-state index in [0.717, 1.165) is 12.8 Å². The van der Waals surface area contributed by atoms with Gasteiger partial charge in [0, 0.05) is 13.0 Å². The number of amides is 1. The summed E-state index contributed by atoms with van der Waals surface area (Å²) in [6.07, 6.45) is 6.90. The molecule has 0 spiro atoms. The van der Waals surface area contributed by atoms with Crippen molar-refractivity contribution in [3.8, 4) is 0 Å². The monoisotopic (exact) mass is 311 g/mol. The maximum atomic E-state index is 12.5. The van der Waals surface area contributed by atoms with Crippen molar-refractivity contribution in [1.29, 1.82) is 0 Å². The summed E-state index contributed by atoms with van der Waals surface area (Å²) in [4.78, 5) is 33.6. The molecule has 1 atom stereocenters. The molecule has 23 heavy (non-hydrogen) atoms. The number of aromatic amines is 1. The zero-order valence-electron chi connectivity index (χ0n) is 13.3. The van der Waals surface area contributed by atoms with Gasteiger partial charge in [-0.05, 0) is 37.8 Å². The summed E-state index contributed by atoms with van der Waals surface area (Å²) in [5.41, 5.74) is 0.501. The summed E-state index contributed by atoms with van der Waals surface area (Å²) in [7, 11) is 0. The molecular weight excluding hydrogens is 290 g/mol. The van der Waals surface area contributed by atoms with Gasteiger partial charge in [0.2, 0.25) is 5.91 Å². The number of carbonyl (C=O) groups is 1. The van der Waals surface area contributed by atoms with E-state index in [-0.39, 0.29) is 11.5 Å². The van der Waals surface area contributed by atoms with Crippen LogP contribution in [0.5, 0.6) is 0 Å². The third-order valence-electron chi connectivity index (χ3n) is 4.29. The smallest absolute Gasteiger partial charge is 0.258 e. The molecule has 1 aromatic carbocycles. The molecule has 1 aromatic heterocycles. The van der Waals surface area contributed by atoms with E-state index in [9.17, 15) is 9.59 Å². The molecule has 0 saturated heterocycles. The van der Waals surface area contributed by atoms with Gasteiger partial charge in [-0.1, -0.05) is 24.3 Å². The van der Waals surface area contributed by atoms with Crippen LogP contribution in [0.3, 0.4) is 0 Å². The number of hydrogen-bond acceptors (Lipinski definition) is 3. The highest BCUT2D eigenvalue weighted by Gasteiger charge is 2.19. The standard InChI is InChI=1S/C18H21N3O2/c1-2-21(17(22)11-13-7-3-4-8-13)12-16-19-15-10-6-5-9-14(15)18(23)20-16/h3,5-7,9-10,13H,2,4,8,11-12H2,1H3,(H,19,20,23). The van der Waals surface area contributed by atoms with Gasteiger partial charge >= 0.3 is 0 Å². The Balaban J connectivity index is 1.77. The first-order chi connectivity index (χ1) is 11.2. The fourth-order valence-corrected chi connectivity index (χ4v) is 2.99. The number of carbonyl (C=O) groups excluding carboxylic acids is 1. The van der Waals surface area contributed by atoms with Crippen LogP contribution in [0, 0.1) is 5.92 Å². The summed E-state index contributed by atoms with van der Waals surface area (Å²) < 4.78 is 0. The van der Waals surface area contributed by atoms with Crippen LogP contribution < -0.4 is 5.56 Å². The molecule has 0 bridgehead atoms. The van der Waals surface area contributed by atoms with Gasteiger partial charge in [0.15, 0.2) is 0 Å². The number of nitrogens with zero attached hydrogens (tertiary/aromatic N) is 2. The number of benzene rings is 1. The predicted octanol–water partition coefficient (Wildman–Crippen LogP) is 2.63. The van der Waals surface area contributed by atoms with E-state index in [2.05, 4.69) is 22.1 Å². The zero-order chi connectivity index (χ0) is 16.2. The number of H-pyrrole nitrogens is 1. The van der Waals surface area contributed by atoms with Crippen LogP contribution in [0.15, 0.2) is 41.2 Å². The lowest BCUT2D eigenvalue weighted by Crippen LogP contribution is -2.32. The van der Waals surface area contributed by atoms with Crippen molar-refractivity contribution in [2.24, 2.45) is 5.92 Å². The zero-order valence-corrected chi connectivity index (χ0v) is 13.3. The lowest BCUT2D eigenvalue weighted by Gasteiger charge is -2.21. The van der Waals surface area contributed by atoms with Gasteiger partial charge in [-0.3, -0.25) is 9.59 Å². The van der Waals surface area contributed by atoms with Gasteiger partial charge in [0.1, 0.15) is 5.82 Å². The van der Waals surface area contributed by atoms with Crippen molar-refractivity contribution in [2.75, 3.05) is 6.54 Å². The molecule has 1 aliphatic rings. The van der Waals surface area contributed by atoms with Gasteiger partial charge in [-0.2, -0.15) is 0 Å². The Morgan fingerprint density at radius 3 is 2.96 bits per heavy atom. The summed E-state index contributed by atoms with van der Waals surface area (Å²) in [5, 5.41) is 0.571. The Labute approximate surface area is 135 Å². The maximum Gasteiger partial charge on any atom is 0.258 e. The minimum atomic E-state index is -0.159. The van der Waals surface area contributed by atoms with Gasteiger partial charge in [0.05, 0.1) is 17.4 Å². The minimum Gasteiger partial charge on any atom is -0.335 e. The van der Waals surface area contributed by atoms with Crippen molar-refractivity contribution in [3.05, 3.63) is 52.6 Å². The Hall–Kier alpha value is -2.43. The quantitative estimate of drug-likeness (QED) is 0.863. The number of hydrogen-bond donors (Lipinski definition) is 1. The van der Waals surface area contributed by atoms with Crippen molar-refractivity contribution in [3.63, 3.8) is 0 Å². The van der Waals surface area contributed by atoms with Crippen LogP contribution in [-0.4, -0.2) is 27.3 Å². The number of nitrogens with one attached hydrogen (secondary N) is 1. The Morgan fingerprint density at radius 2 is 2.22 bits per heavy atom. The SMILES string of the molecule is CCN(Cc1nc2ccccc2c(=O)[nH]1)C(=O)CC1C=CCC1. The van der Waals surface area contributed by atoms with E-state index in [1.807, 2.05) is 25.1 Å². The van der Waals surface area contributed by atoms with E-state index >= 15 is 0 Å².